The number of nitrogens with zero attached hydrogens (tertiary/aromatic N) is 2. The molecule has 162 valence electrons. The predicted octanol–water partition coefficient (Wildman–Crippen LogP) is 4.75. The van der Waals surface area contributed by atoms with E-state index in [-0.39, 0.29) is 5.91 Å². The fourth-order valence-electron chi connectivity index (χ4n) is 3.16. The van der Waals surface area contributed by atoms with E-state index in [1.807, 2.05) is 44.2 Å². The molecule has 3 rings (SSSR count). The fraction of sp³-hybridized carbons (Fsp3) is 0.250. The van der Waals surface area contributed by atoms with Gasteiger partial charge >= 0.3 is 0 Å². The highest BCUT2D eigenvalue weighted by molar-refractivity contribution is 6.30. The van der Waals surface area contributed by atoms with Gasteiger partial charge in [-0.3, -0.25) is 4.79 Å². The van der Waals surface area contributed by atoms with E-state index in [0.29, 0.717) is 23.8 Å². The molecule has 0 aliphatic heterocycles. The van der Waals surface area contributed by atoms with Gasteiger partial charge in [-0.2, -0.15) is 5.10 Å². The van der Waals surface area contributed by atoms with Gasteiger partial charge in [0.15, 0.2) is 0 Å². The number of carbonyl (C=O) groups is 1. The maximum Gasteiger partial charge on any atom is 0.271 e. The van der Waals surface area contributed by atoms with Crippen molar-refractivity contribution in [1.82, 2.24) is 9.99 Å². The van der Waals surface area contributed by atoms with Crippen LogP contribution in [0.1, 0.15) is 32.9 Å². The Morgan fingerprint density at radius 3 is 2.52 bits per heavy atom. The average molecular weight is 440 g/mol. The van der Waals surface area contributed by atoms with Crippen LogP contribution in [-0.4, -0.2) is 30.4 Å². The van der Waals surface area contributed by atoms with Gasteiger partial charge in [-0.05, 0) is 61.9 Å². The largest absolute Gasteiger partial charge is 0.489 e. The number of rotatable bonds is 9. The fourth-order valence-corrected chi connectivity index (χ4v) is 3.29. The normalized spacial score (nSPS) is 11.1. The van der Waals surface area contributed by atoms with Gasteiger partial charge in [0.25, 0.3) is 5.91 Å². The molecule has 0 atom stereocenters. The smallest absolute Gasteiger partial charge is 0.271 e. The highest BCUT2D eigenvalue weighted by atomic mass is 35.5. The summed E-state index contributed by atoms with van der Waals surface area (Å²) in [4.78, 5) is 12.4. The van der Waals surface area contributed by atoms with Crippen molar-refractivity contribution in [3.63, 3.8) is 0 Å². The first-order chi connectivity index (χ1) is 15.0. The number of benzene rings is 2. The lowest BCUT2D eigenvalue weighted by Crippen LogP contribution is -2.17. The number of nitrogens with one attached hydrogen (secondary N) is 1. The number of aromatic nitrogens is 1. The van der Waals surface area contributed by atoms with Crippen molar-refractivity contribution < 1.29 is 14.3 Å². The summed E-state index contributed by atoms with van der Waals surface area (Å²) in [5.41, 5.74) is 7.23. The maximum atomic E-state index is 12.4. The number of ether oxygens (including phenoxy) is 2. The minimum absolute atomic E-state index is 0.269. The van der Waals surface area contributed by atoms with Crippen LogP contribution in [0.2, 0.25) is 5.02 Å². The van der Waals surface area contributed by atoms with Gasteiger partial charge < -0.3 is 14.0 Å². The number of hydrazone groups is 1. The first-order valence-electron chi connectivity index (χ1n) is 9.94. The average Bonchev–Trinajstić information content (AvgIpc) is 3.04. The van der Waals surface area contributed by atoms with Crippen LogP contribution in [0.25, 0.3) is 0 Å². The standard InChI is InChI=1S/C24H26ClN3O3/c1-17-14-21(18(2)28(17)12-13-30-3)15-26-27-24(29)20-6-4-19(5-7-20)16-31-23-10-8-22(25)9-11-23/h4-11,14-15H,12-13,16H2,1-3H3,(H,27,29)/b26-15+. The topological polar surface area (TPSA) is 64.8 Å². The Hall–Kier alpha value is -3.09. The molecule has 0 radical (unpaired) electrons. The third-order valence-corrected chi connectivity index (χ3v) is 5.19. The van der Waals surface area contributed by atoms with E-state index in [1.165, 1.54) is 0 Å². The molecule has 3 aromatic rings. The van der Waals surface area contributed by atoms with E-state index in [0.717, 1.165) is 34.8 Å². The summed E-state index contributed by atoms with van der Waals surface area (Å²) in [7, 11) is 1.69. The highest BCUT2D eigenvalue weighted by Crippen LogP contribution is 2.17. The van der Waals surface area contributed by atoms with Crippen molar-refractivity contribution >= 4 is 23.7 Å². The molecule has 1 amide bonds. The van der Waals surface area contributed by atoms with Crippen molar-refractivity contribution in [3.05, 3.63) is 87.7 Å². The van der Waals surface area contributed by atoms with Crippen LogP contribution in [0.4, 0.5) is 0 Å². The minimum Gasteiger partial charge on any atom is -0.489 e. The SMILES string of the molecule is COCCn1c(C)cc(/C=N/NC(=O)c2ccc(COc3ccc(Cl)cc3)cc2)c1C. The highest BCUT2D eigenvalue weighted by Gasteiger charge is 2.08. The molecular weight excluding hydrogens is 414 g/mol. The molecule has 7 heteroatoms. The van der Waals surface area contributed by atoms with Gasteiger partial charge in [0, 0.05) is 41.2 Å². The summed E-state index contributed by atoms with van der Waals surface area (Å²) in [5.74, 6) is 0.469. The molecule has 0 saturated heterocycles. The zero-order valence-corrected chi connectivity index (χ0v) is 18.6. The maximum absolute atomic E-state index is 12.4. The molecule has 6 nitrogen and oxygen atoms in total. The molecule has 0 aliphatic rings. The zero-order valence-electron chi connectivity index (χ0n) is 17.9. The van der Waals surface area contributed by atoms with Crippen molar-refractivity contribution in [2.45, 2.75) is 27.0 Å². The lowest BCUT2D eigenvalue weighted by Gasteiger charge is -2.08. The van der Waals surface area contributed by atoms with Gasteiger partial charge in [0.05, 0.1) is 12.8 Å². The van der Waals surface area contributed by atoms with Crippen molar-refractivity contribution in [1.29, 1.82) is 0 Å². The van der Waals surface area contributed by atoms with E-state index in [4.69, 9.17) is 21.1 Å². The van der Waals surface area contributed by atoms with E-state index in [2.05, 4.69) is 15.1 Å². The lowest BCUT2D eigenvalue weighted by atomic mass is 10.1. The monoisotopic (exact) mass is 439 g/mol. The Bertz CT molecular complexity index is 1040. The summed E-state index contributed by atoms with van der Waals surface area (Å²) in [5, 5.41) is 4.78. The number of hydrogen-bond acceptors (Lipinski definition) is 4. The number of aryl methyl sites for hydroxylation is 1. The zero-order chi connectivity index (χ0) is 22.2. The third-order valence-electron chi connectivity index (χ3n) is 4.94. The number of hydrogen-bond donors (Lipinski definition) is 1. The quantitative estimate of drug-likeness (QED) is 0.386. The van der Waals surface area contributed by atoms with Crippen LogP contribution in [0.5, 0.6) is 5.75 Å². The molecule has 1 N–H and O–H groups in total. The number of methoxy groups -OCH3 is 1. The second-order valence-corrected chi connectivity index (χ2v) is 7.55. The van der Waals surface area contributed by atoms with Crippen LogP contribution < -0.4 is 10.2 Å². The van der Waals surface area contributed by atoms with Gasteiger partial charge in [-0.1, -0.05) is 23.7 Å². The second kappa shape index (κ2) is 10.8. The molecular formula is C24H26ClN3O3. The summed E-state index contributed by atoms with van der Waals surface area (Å²) in [6.45, 7) is 5.89. The molecule has 2 aromatic carbocycles. The van der Waals surface area contributed by atoms with E-state index < -0.39 is 0 Å². The predicted molar refractivity (Wildman–Crippen MR) is 123 cm³/mol. The Labute approximate surface area is 187 Å². The van der Waals surface area contributed by atoms with Crippen LogP contribution in [-0.2, 0) is 17.9 Å². The van der Waals surface area contributed by atoms with Crippen molar-refractivity contribution in [2.75, 3.05) is 13.7 Å². The Kier molecular flexibility index (Phi) is 7.87. The minimum atomic E-state index is -0.269. The number of amides is 1. The Balaban J connectivity index is 1.54. The van der Waals surface area contributed by atoms with Crippen LogP contribution in [0, 0.1) is 13.8 Å². The summed E-state index contributed by atoms with van der Waals surface area (Å²) >= 11 is 5.87. The summed E-state index contributed by atoms with van der Waals surface area (Å²) < 4.78 is 13.0. The van der Waals surface area contributed by atoms with Gasteiger partial charge in [-0.25, -0.2) is 5.43 Å². The molecule has 1 aromatic heterocycles. The van der Waals surface area contributed by atoms with Gasteiger partial charge in [0.2, 0.25) is 0 Å². The Morgan fingerprint density at radius 1 is 1.13 bits per heavy atom. The first kappa shape index (κ1) is 22.6. The molecule has 0 saturated carbocycles. The number of halogens is 1. The second-order valence-electron chi connectivity index (χ2n) is 7.11. The molecule has 0 aliphatic carbocycles. The summed E-state index contributed by atoms with van der Waals surface area (Å²) in [6, 6.07) is 16.5. The molecule has 1 heterocycles. The Morgan fingerprint density at radius 2 is 1.84 bits per heavy atom. The lowest BCUT2D eigenvalue weighted by molar-refractivity contribution is 0.0955. The van der Waals surface area contributed by atoms with Crippen molar-refractivity contribution in [2.24, 2.45) is 5.10 Å². The molecule has 0 spiro atoms. The molecule has 0 unspecified atom stereocenters. The van der Waals surface area contributed by atoms with E-state index in [1.54, 1.807) is 37.6 Å². The van der Waals surface area contributed by atoms with Crippen molar-refractivity contribution in [3.8, 4) is 5.75 Å². The first-order valence-corrected chi connectivity index (χ1v) is 10.3. The third kappa shape index (κ3) is 6.20. The van der Waals surface area contributed by atoms with Crippen LogP contribution >= 0.6 is 11.6 Å². The number of carbonyl (C=O) groups excluding carboxylic acids is 1. The summed E-state index contributed by atoms with van der Waals surface area (Å²) in [6.07, 6.45) is 1.66. The van der Waals surface area contributed by atoms with Crippen LogP contribution in [0.3, 0.4) is 0 Å². The molecule has 0 fully saturated rings. The van der Waals surface area contributed by atoms with Gasteiger partial charge in [0.1, 0.15) is 12.4 Å². The molecule has 31 heavy (non-hydrogen) atoms. The van der Waals surface area contributed by atoms with Gasteiger partial charge in [-0.15, -0.1) is 0 Å². The molecule has 0 bridgehead atoms. The van der Waals surface area contributed by atoms with Crippen LogP contribution in [0.15, 0.2) is 59.7 Å². The van der Waals surface area contributed by atoms with E-state index >= 15 is 0 Å². The van der Waals surface area contributed by atoms with E-state index in [9.17, 15) is 4.79 Å².